The van der Waals surface area contributed by atoms with Gasteiger partial charge in [-0.3, -0.25) is 0 Å². The molecule has 0 aliphatic heterocycles. The fraction of sp³-hybridized carbons (Fsp3) is 0.182. The molecule has 0 spiro atoms. The number of hydrogen-bond acceptors (Lipinski definition) is 4. The van der Waals surface area contributed by atoms with Gasteiger partial charge in [-0.15, -0.1) is 11.3 Å². The molecule has 0 aliphatic rings. The van der Waals surface area contributed by atoms with Gasteiger partial charge in [-0.1, -0.05) is 17.7 Å². The van der Waals surface area contributed by atoms with Crippen molar-refractivity contribution in [2.75, 3.05) is 0 Å². The Morgan fingerprint density at radius 3 is 3.00 bits per heavy atom. The van der Waals surface area contributed by atoms with E-state index in [4.69, 9.17) is 16.3 Å². The Morgan fingerprint density at radius 1 is 1.44 bits per heavy atom. The van der Waals surface area contributed by atoms with Gasteiger partial charge in [0.2, 0.25) is 0 Å². The second kappa shape index (κ2) is 5.57. The predicted octanol–water partition coefficient (Wildman–Crippen LogP) is 3.81. The maximum Gasteiger partial charge on any atom is 0.140 e. The molecule has 2 aromatic rings. The minimum atomic E-state index is 0.471. The summed E-state index contributed by atoms with van der Waals surface area (Å²) in [6.07, 6.45) is 0. The Balaban J connectivity index is 1.96. The van der Waals surface area contributed by atoms with Crippen LogP contribution in [0.25, 0.3) is 0 Å². The third-order valence-corrected chi connectivity index (χ3v) is 3.35. The SMILES string of the molecule is SCc1csc(COc2cccc(Cl)c2)n1. The molecule has 0 amide bonds. The molecule has 0 radical (unpaired) electrons. The number of ether oxygens (including phenoxy) is 1. The minimum absolute atomic E-state index is 0.471. The fourth-order valence-corrected chi connectivity index (χ4v) is 2.36. The van der Waals surface area contributed by atoms with Crippen molar-refractivity contribution in [1.82, 2.24) is 4.98 Å². The number of benzene rings is 1. The van der Waals surface area contributed by atoms with Crippen LogP contribution < -0.4 is 4.74 Å². The molecule has 1 heterocycles. The summed E-state index contributed by atoms with van der Waals surface area (Å²) in [5.74, 6) is 1.42. The summed E-state index contributed by atoms with van der Waals surface area (Å²) in [4.78, 5) is 4.35. The number of thiazole rings is 1. The zero-order chi connectivity index (χ0) is 11.4. The standard InChI is InChI=1S/C11H10ClNOS2/c12-8-2-1-3-10(4-8)14-5-11-13-9(6-15)7-16-11/h1-4,7,15H,5-6H2. The molecule has 0 saturated heterocycles. The zero-order valence-electron chi connectivity index (χ0n) is 8.39. The summed E-state index contributed by atoms with van der Waals surface area (Å²) >= 11 is 11.6. The third-order valence-electron chi connectivity index (χ3n) is 1.92. The topological polar surface area (TPSA) is 22.1 Å². The lowest BCUT2D eigenvalue weighted by Gasteiger charge is -2.03. The van der Waals surface area contributed by atoms with Crippen LogP contribution in [0.4, 0.5) is 0 Å². The lowest BCUT2D eigenvalue weighted by atomic mass is 10.3. The summed E-state index contributed by atoms with van der Waals surface area (Å²) in [7, 11) is 0. The van der Waals surface area contributed by atoms with Crippen molar-refractivity contribution in [3.8, 4) is 5.75 Å². The van der Waals surface area contributed by atoms with Crippen molar-refractivity contribution < 1.29 is 4.74 Å². The smallest absolute Gasteiger partial charge is 0.140 e. The number of aromatic nitrogens is 1. The van der Waals surface area contributed by atoms with E-state index in [1.165, 1.54) is 0 Å². The van der Waals surface area contributed by atoms with Crippen molar-refractivity contribution in [2.45, 2.75) is 12.4 Å². The lowest BCUT2D eigenvalue weighted by Crippen LogP contribution is -1.94. The highest BCUT2D eigenvalue weighted by Gasteiger charge is 2.02. The van der Waals surface area contributed by atoms with E-state index in [-0.39, 0.29) is 0 Å². The Morgan fingerprint density at radius 2 is 2.31 bits per heavy atom. The zero-order valence-corrected chi connectivity index (χ0v) is 10.9. The quantitative estimate of drug-likeness (QED) is 0.855. The van der Waals surface area contributed by atoms with E-state index in [2.05, 4.69) is 17.6 Å². The highest BCUT2D eigenvalue weighted by Crippen LogP contribution is 2.19. The van der Waals surface area contributed by atoms with Crippen LogP contribution in [-0.4, -0.2) is 4.98 Å². The van der Waals surface area contributed by atoms with E-state index in [0.717, 1.165) is 16.5 Å². The first-order valence-corrected chi connectivity index (χ1v) is 6.59. The van der Waals surface area contributed by atoms with Crippen molar-refractivity contribution >= 4 is 35.6 Å². The average Bonchev–Trinajstić information content (AvgIpc) is 2.74. The molecule has 0 bridgehead atoms. The first kappa shape index (κ1) is 11.8. The van der Waals surface area contributed by atoms with Crippen LogP contribution in [-0.2, 0) is 12.4 Å². The number of thiol groups is 1. The van der Waals surface area contributed by atoms with E-state index in [0.29, 0.717) is 17.4 Å². The van der Waals surface area contributed by atoms with E-state index in [9.17, 15) is 0 Å². The van der Waals surface area contributed by atoms with E-state index in [1.807, 2.05) is 23.6 Å². The van der Waals surface area contributed by atoms with Crippen molar-refractivity contribution in [3.63, 3.8) is 0 Å². The molecule has 0 fully saturated rings. The second-order valence-electron chi connectivity index (χ2n) is 3.14. The van der Waals surface area contributed by atoms with Crippen molar-refractivity contribution in [3.05, 3.63) is 45.4 Å². The van der Waals surface area contributed by atoms with Crippen LogP contribution in [0.3, 0.4) is 0 Å². The van der Waals surface area contributed by atoms with Crippen LogP contribution in [0.2, 0.25) is 5.02 Å². The van der Waals surface area contributed by atoms with Crippen LogP contribution in [0, 0.1) is 0 Å². The van der Waals surface area contributed by atoms with Gasteiger partial charge >= 0.3 is 0 Å². The molecule has 0 saturated carbocycles. The Labute approximate surface area is 109 Å². The third kappa shape index (κ3) is 3.14. The first-order chi connectivity index (χ1) is 7.78. The van der Waals surface area contributed by atoms with Gasteiger partial charge in [0, 0.05) is 16.2 Å². The van der Waals surface area contributed by atoms with Crippen LogP contribution >= 0.6 is 35.6 Å². The molecule has 0 unspecified atom stereocenters. The molecule has 0 atom stereocenters. The van der Waals surface area contributed by atoms with Gasteiger partial charge in [0.1, 0.15) is 17.4 Å². The normalized spacial score (nSPS) is 10.4. The predicted molar refractivity (Wildman–Crippen MR) is 70.6 cm³/mol. The van der Waals surface area contributed by atoms with E-state index >= 15 is 0 Å². The van der Waals surface area contributed by atoms with Gasteiger partial charge in [0.05, 0.1) is 5.69 Å². The van der Waals surface area contributed by atoms with E-state index < -0.39 is 0 Å². The maximum absolute atomic E-state index is 5.85. The highest BCUT2D eigenvalue weighted by atomic mass is 35.5. The maximum atomic E-state index is 5.85. The first-order valence-electron chi connectivity index (χ1n) is 4.70. The summed E-state index contributed by atoms with van der Waals surface area (Å²) in [6.45, 7) is 0.471. The van der Waals surface area contributed by atoms with Gasteiger partial charge < -0.3 is 4.74 Å². The lowest BCUT2D eigenvalue weighted by molar-refractivity contribution is 0.305. The minimum Gasteiger partial charge on any atom is -0.486 e. The van der Waals surface area contributed by atoms with Gasteiger partial charge in [0.25, 0.3) is 0 Å². The van der Waals surface area contributed by atoms with Crippen molar-refractivity contribution in [2.24, 2.45) is 0 Å². The monoisotopic (exact) mass is 271 g/mol. The molecule has 0 N–H and O–H groups in total. The van der Waals surface area contributed by atoms with Crippen LogP contribution in [0.15, 0.2) is 29.6 Å². The average molecular weight is 272 g/mol. The molecule has 0 aliphatic carbocycles. The molecule has 84 valence electrons. The Kier molecular flexibility index (Phi) is 4.09. The summed E-state index contributed by atoms with van der Waals surface area (Å²) in [6, 6.07) is 7.34. The number of hydrogen-bond donors (Lipinski definition) is 1. The van der Waals surface area contributed by atoms with Gasteiger partial charge in [-0.2, -0.15) is 12.6 Å². The number of nitrogens with zero attached hydrogens (tertiary/aromatic N) is 1. The molecule has 2 rings (SSSR count). The molecule has 1 aromatic heterocycles. The molecule has 1 aromatic carbocycles. The van der Waals surface area contributed by atoms with Crippen molar-refractivity contribution in [1.29, 1.82) is 0 Å². The van der Waals surface area contributed by atoms with Gasteiger partial charge in [0.15, 0.2) is 0 Å². The number of halogens is 1. The molecule has 5 heteroatoms. The molecular weight excluding hydrogens is 262 g/mol. The summed E-state index contributed by atoms with van der Waals surface area (Å²) < 4.78 is 5.57. The molecule has 16 heavy (non-hydrogen) atoms. The fourth-order valence-electron chi connectivity index (χ4n) is 1.19. The summed E-state index contributed by atoms with van der Waals surface area (Å²) in [5, 5.41) is 3.61. The van der Waals surface area contributed by atoms with Crippen LogP contribution in [0.5, 0.6) is 5.75 Å². The van der Waals surface area contributed by atoms with E-state index in [1.54, 1.807) is 17.4 Å². The van der Waals surface area contributed by atoms with Gasteiger partial charge in [-0.25, -0.2) is 4.98 Å². The molecular formula is C11H10ClNOS2. The summed E-state index contributed by atoms with van der Waals surface area (Å²) in [5.41, 5.74) is 0.984. The Bertz CT molecular complexity index is 473. The molecule has 2 nitrogen and oxygen atoms in total. The van der Waals surface area contributed by atoms with Gasteiger partial charge in [-0.05, 0) is 18.2 Å². The van der Waals surface area contributed by atoms with Crippen LogP contribution in [0.1, 0.15) is 10.7 Å². The number of rotatable bonds is 4. The Hall–Kier alpha value is -0.710. The second-order valence-corrected chi connectivity index (χ2v) is 4.83. The highest BCUT2D eigenvalue weighted by molar-refractivity contribution is 7.79. The largest absolute Gasteiger partial charge is 0.486 e.